The summed E-state index contributed by atoms with van der Waals surface area (Å²) in [5, 5.41) is 0. The summed E-state index contributed by atoms with van der Waals surface area (Å²) in [6, 6.07) is 2.08. The SMILES string of the molecule is CCN(CC(=O)N(C)C)C(=O)c1cc(N)cn1C1CC1. The predicted octanol–water partition coefficient (Wildman–Crippen LogP) is 0.955. The van der Waals surface area contributed by atoms with Gasteiger partial charge in [0, 0.05) is 32.9 Å². The second-order valence-electron chi connectivity index (χ2n) is 5.40. The molecular formula is C14H22N4O2. The number of hydrogen-bond acceptors (Lipinski definition) is 3. The molecule has 0 aliphatic heterocycles. The van der Waals surface area contributed by atoms with E-state index in [0.717, 1.165) is 12.8 Å². The first-order chi connectivity index (χ1) is 9.43. The molecule has 0 aromatic carbocycles. The number of amides is 2. The largest absolute Gasteiger partial charge is 0.397 e. The molecule has 0 atom stereocenters. The molecule has 0 saturated heterocycles. The summed E-state index contributed by atoms with van der Waals surface area (Å²) in [4.78, 5) is 27.4. The minimum absolute atomic E-state index is 0.0855. The lowest BCUT2D eigenvalue weighted by Crippen LogP contribution is -2.40. The fourth-order valence-corrected chi connectivity index (χ4v) is 2.12. The number of aromatic nitrogens is 1. The molecule has 2 amide bonds. The van der Waals surface area contributed by atoms with Crippen LogP contribution in [0.1, 0.15) is 36.3 Å². The van der Waals surface area contributed by atoms with E-state index >= 15 is 0 Å². The van der Waals surface area contributed by atoms with Crippen molar-refractivity contribution >= 4 is 17.5 Å². The van der Waals surface area contributed by atoms with E-state index in [9.17, 15) is 9.59 Å². The molecule has 6 nitrogen and oxygen atoms in total. The third kappa shape index (κ3) is 2.95. The van der Waals surface area contributed by atoms with Crippen molar-refractivity contribution in [1.82, 2.24) is 14.4 Å². The molecule has 1 aliphatic rings. The Morgan fingerprint density at radius 3 is 2.55 bits per heavy atom. The Labute approximate surface area is 119 Å². The van der Waals surface area contributed by atoms with Gasteiger partial charge in [-0.25, -0.2) is 0 Å². The molecule has 1 heterocycles. The molecule has 0 radical (unpaired) electrons. The highest BCUT2D eigenvalue weighted by Crippen LogP contribution is 2.37. The van der Waals surface area contributed by atoms with Gasteiger partial charge in [-0.2, -0.15) is 0 Å². The Morgan fingerprint density at radius 2 is 2.05 bits per heavy atom. The molecule has 0 unspecified atom stereocenters. The van der Waals surface area contributed by atoms with Crippen LogP contribution in [0.2, 0.25) is 0 Å². The van der Waals surface area contributed by atoms with Crippen LogP contribution >= 0.6 is 0 Å². The van der Waals surface area contributed by atoms with Gasteiger partial charge in [0.15, 0.2) is 0 Å². The van der Waals surface area contributed by atoms with Gasteiger partial charge in [-0.1, -0.05) is 0 Å². The Morgan fingerprint density at radius 1 is 1.40 bits per heavy atom. The van der Waals surface area contributed by atoms with Gasteiger partial charge in [0.1, 0.15) is 12.2 Å². The summed E-state index contributed by atoms with van der Waals surface area (Å²) in [6.07, 6.45) is 3.97. The molecule has 1 aromatic rings. The van der Waals surface area contributed by atoms with Crippen molar-refractivity contribution in [3.63, 3.8) is 0 Å². The minimum atomic E-state index is -0.133. The van der Waals surface area contributed by atoms with E-state index in [2.05, 4.69) is 0 Å². The first kappa shape index (κ1) is 14.4. The van der Waals surface area contributed by atoms with Crippen LogP contribution in [-0.2, 0) is 4.79 Å². The van der Waals surface area contributed by atoms with Crippen molar-refractivity contribution in [2.24, 2.45) is 0 Å². The number of nitrogens with two attached hydrogens (primary N) is 1. The highest BCUT2D eigenvalue weighted by Gasteiger charge is 2.29. The van der Waals surface area contributed by atoms with Gasteiger partial charge in [-0.3, -0.25) is 9.59 Å². The second-order valence-corrected chi connectivity index (χ2v) is 5.40. The zero-order valence-corrected chi connectivity index (χ0v) is 12.3. The number of nitrogens with zero attached hydrogens (tertiary/aromatic N) is 3. The summed E-state index contributed by atoms with van der Waals surface area (Å²) in [7, 11) is 3.37. The fourth-order valence-electron chi connectivity index (χ4n) is 2.12. The van der Waals surface area contributed by atoms with Crippen molar-refractivity contribution in [2.45, 2.75) is 25.8 Å². The van der Waals surface area contributed by atoms with Crippen LogP contribution in [0.5, 0.6) is 0 Å². The van der Waals surface area contributed by atoms with Gasteiger partial charge in [-0.05, 0) is 25.8 Å². The molecule has 1 aromatic heterocycles. The van der Waals surface area contributed by atoms with Gasteiger partial charge in [0.25, 0.3) is 5.91 Å². The third-order valence-corrected chi connectivity index (χ3v) is 3.52. The summed E-state index contributed by atoms with van der Waals surface area (Å²) < 4.78 is 1.94. The van der Waals surface area contributed by atoms with E-state index in [-0.39, 0.29) is 18.4 Å². The van der Waals surface area contributed by atoms with Crippen molar-refractivity contribution in [3.05, 3.63) is 18.0 Å². The first-order valence-corrected chi connectivity index (χ1v) is 6.90. The highest BCUT2D eigenvalue weighted by molar-refractivity contribution is 5.96. The second kappa shape index (κ2) is 5.56. The van der Waals surface area contributed by atoms with Crippen LogP contribution in [0.25, 0.3) is 0 Å². The quantitative estimate of drug-likeness (QED) is 0.872. The van der Waals surface area contributed by atoms with Crippen LogP contribution < -0.4 is 5.73 Å². The number of rotatable bonds is 5. The Bertz CT molecular complexity index is 517. The first-order valence-electron chi connectivity index (χ1n) is 6.90. The van der Waals surface area contributed by atoms with E-state index < -0.39 is 0 Å². The van der Waals surface area contributed by atoms with E-state index in [4.69, 9.17) is 5.73 Å². The minimum Gasteiger partial charge on any atom is -0.397 e. The summed E-state index contributed by atoms with van der Waals surface area (Å²) in [5.41, 5.74) is 6.98. The maximum absolute atomic E-state index is 12.6. The molecule has 1 saturated carbocycles. The van der Waals surface area contributed by atoms with Crippen LogP contribution in [0.4, 0.5) is 5.69 Å². The normalized spacial score (nSPS) is 14.2. The zero-order valence-electron chi connectivity index (χ0n) is 12.3. The molecule has 1 aliphatic carbocycles. The van der Waals surface area contributed by atoms with Gasteiger partial charge in [0.05, 0.1) is 5.69 Å². The number of carbonyl (C=O) groups excluding carboxylic acids is 2. The average molecular weight is 278 g/mol. The molecule has 2 N–H and O–H groups in total. The monoisotopic (exact) mass is 278 g/mol. The van der Waals surface area contributed by atoms with Gasteiger partial charge >= 0.3 is 0 Å². The smallest absolute Gasteiger partial charge is 0.271 e. The molecule has 0 spiro atoms. The van der Waals surface area contributed by atoms with E-state index in [1.165, 1.54) is 4.90 Å². The summed E-state index contributed by atoms with van der Waals surface area (Å²) >= 11 is 0. The van der Waals surface area contributed by atoms with Crippen molar-refractivity contribution < 1.29 is 9.59 Å². The fraction of sp³-hybridized carbons (Fsp3) is 0.571. The number of hydrogen-bond donors (Lipinski definition) is 1. The maximum Gasteiger partial charge on any atom is 0.271 e. The van der Waals surface area contributed by atoms with E-state index in [1.54, 1.807) is 25.1 Å². The number of nitrogen functional groups attached to an aromatic ring is 1. The van der Waals surface area contributed by atoms with Crippen molar-refractivity contribution in [2.75, 3.05) is 32.9 Å². The molecule has 1 fully saturated rings. The van der Waals surface area contributed by atoms with Gasteiger partial charge in [0.2, 0.25) is 5.91 Å². The molecule has 0 bridgehead atoms. The highest BCUT2D eigenvalue weighted by atomic mass is 16.2. The molecule has 110 valence electrons. The van der Waals surface area contributed by atoms with E-state index in [1.807, 2.05) is 17.7 Å². The Balaban J connectivity index is 2.18. The summed E-state index contributed by atoms with van der Waals surface area (Å²) in [5.74, 6) is -0.219. The van der Waals surface area contributed by atoms with Crippen LogP contribution in [0, 0.1) is 0 Å². The molecule has 2 rings (SSSR count). The Kier molecular flexibility index (Phi) is 4.01. The van der Waals surface area contributed by atoms with Gasteiger partial charge in [-0.15, -0.1) is 0 Å². The lowest BCUT2D eigenvalue weighted by molar-refractivity contribution is -0.129. The number of likely N-dealkylation sites (N-methyl/N-ethyl adjacent to an activating group) is 2. The van der Waals surface area contributed by atoms with E-state index in [0.29, 0.717) is 24.0 Å². The lowest BCUT2D eigenvalue weighted by atomic mass is 10.3. The maximum atomic E-state index is 12.6. The van der Waals surface area contributed by atoms with Gasteiger partial charge < -0.3 is 20.1 Å². The topological polar surface area (TPSA) is 71.6 Å². The average Bonchev–Trinajstić information content (AvgIpc) is 3.17. The van der Waals surface area contributed by atoms with Crippen LogP contribution in [0.3, 0.4) is 0 Å². The summed E-state index contributed by atoms with van der Waals surface area (Å²) in [6.45, 7) is 2.46. The van der Waals surface area contributed by atoms with Crippen molar-refractivity contribution in [1.29, 1.82) is 0 Å². The molecule has 20 heavy (non-hydrogen) atoms. The molecule has 6 heteroatoms. The van der Waals surface area contributed by atoms with Crippen LogP contribution in [-0.4, -0.2) is 53.4 Å². The number of anilines is 1. The standard InChI is InChI=1S/C14H22N4O2/c1-4-17(9-13(19)16(2)3)14(20)12-7-10(15)8-18(12)11-5-6-11/h7-8,11H,4-6,9,15H2,1-3H3. The molecular weight excluding hydrogens is 256 g/mol. The Hall–Kier alpha value is -1.98. The van der Waals surface area contributed by atoms with Crippen molar-refractivity contribution in [3.8, 4) is 0 Å². The zero-order chi connectivity index (χ0) is 14.9. The lowest BCUT2D eigenvalue weighted by Gasteiger charge is -2.22. The number of carbonyl (C=O) groups is 2. The third-order valence-electron chi connectivity index (χ3n) is 3.52. The predicted molar refractivity (Wildman–Crippen MR) is 77.4 cm³/mol. The van der Waals surface area contributed by atoms with Crippen LogP contribution in [0.15, 0.2) is 12.3 Å².